The minimum absolute atomic E-state index is 0.339. The molecule has 3 aromatic rings. The summed E-state index contributed by atoms with van der Waals surface area (Å²) in [5, 5.41) is 4.42. The molecule has 4 rings (SSSR count). The van der Waals surface area contributed by atoms with Gasteiger partial charge >= 0.3 is 0 Å². The lowest BCUT2D eigenvalue weighted by Crippen LogP contribution is -2.31. The van der Waals surface area contributed by atoms with E-state index >= 15 is 0 Å². The van der Waals surface area contributed by atoms with E-state index in [1.807, 2.05) is 12.1 Å². The number of aromatic amines is 1. The fourth-order valence-electron chi connectivity index (χ4n) is 3.20. The Kier molecular flexibility index (Phi) is 3.27. The highest BCUT2D eigenvalue weighted by Crippen LogP contribution is 2.35. The maximum atomic E-state index is 14.1. The number of fused-ring (bicyclic) bond motifs is 3. The fraction of sp³-hybridized carbons (Fsp3) is 0.176. The van der Waals surface area contributed by atoms with Crippen LogP contribution in [0.4, 0.5) is 8.78 Å². The van der Waals surface area contributed by atoms with E-state index in [9.17, 15) is 8.78 Å². The Morgan fingerprint density at radius 2 is 1.95 bits per heavy atom. The maximum absolute atomic E-state index is 14.1. The van der Waals surface area contributed by atoms with Crippen LogP contribution in [0.15, 0.2) is 40.9 Å². The fourth-order valence-corrected chi connectivity index (χ4v) is 3.56. The summed E-state index contributed by atoms with van der Waals surface area (Å²) in [6, 6.07) is 9.26. The first kappa shape index (κ1) is 13.9. The van der Waals surface area contributed by atoms with Crippen LogP contribution in [0.1, 0.15) is 22.9 Å². The summed E-state index contributed by atoms with van der Waals surface area (Å²) in [6.07, 6.45) is 0.860. The Morgan fingerprint density at radius 1 is 1.09 bits per heavy atom. The van der Waals surface area contributed by atoms with Gasteiger partial charge in [-0.05, 0) is 48.4 Å². The van der Waals surface area contributed by atoms with E-state index < -0.39 is 11.6 Å². The number of benzene rings is 2. The van der Waals surface area contributed by atoms with Crippen LogP contribution in [0.2, 0.25) is 0 Å². The molecule has 0 fully saturated rings. The molecule has 0 radical (unpaired) electrons. The minimum atomic E-state index is -0.427. The van der Waals surface area contributed by atoms with Gasteiger partial charge in [0, 0.05) is 33.2 Å². The van der Waals surface area contributed by atoms with Crippen LogP contribution in [-0.4, -0.2) is 11.5 Å². The number of rotatable bonds is 1. The molecular formula is C17H13BrF2N2. The Balaban J connectivity index is 1.92. The van der Waals surface area contributed by atoms with Gasteiger partial charge in [0.25, 0.3) is 0 Å². The molecule has 0 saturated heterocycles. The van der Waals surface area contributed by atoms with Crippen LogP contribution in [0.5, 0.6) is 0 Å². The predicted molar refractivity (Wildman–Crippen MR) is 85.9 cm³/mol. The monoisotopic (exact) mass is 362 g/mol. The molecule has 0 saturated carbocycles. The van der Waals surface area contributed by atoms with Gasteiger partial charge in [-0.2, -0.15) is 0 Å². The number of aromatic nitrogens is 1. The molecule has 2 nitrogen and oxygen atoms in total. The van der Waals surface area contributed by atoms with E-state index in [4.69, 9.17) is 0 Å². The summed E-state index contributed by atoms with van der Waals surface area (Å²) in [5.41, 5.74) is 3.44. The van der Waals surface area contributed by atoms with E-state index in [0.717, 1.165) is 40.1 Å². The summed E-state index contributed by atoms with van der Waals surface area (Å²) in [4.78, 5) is 3.37. The first-order valence-corrected chi connectivity index (χ1v) is 7.91. The Labute approximate surface area is 134 Å². The zero-order chi connectivity index (χ0) is 15.3. The van der Waals surface area contributed by atoms with Crippen molar-refractivity contribution in [2.45, 2.75) is 12.5 Å². The van der Waals surface area contributed by atoms with Gasteiger partial charge < -0.3 is 10.3 Å². The van der Waals surface area contributed by atoms with Crippen molar-refractivity contribution in [2.75, 3.05) is 6.54 Å². The zero-order valence-electron chi connectivity index (χ0n) is 11.6. The Hall–Kier alpha value is -1.72. The number of hydrogen-bond donors (Lipinski definition) is 2. The van der Waals surface area contributed by atoms with Crippen LogP contribution < -0.4 is 5.32 Å². The highest BCUT2D eigenvalue weighted by Gasteiger charge is 2.27. The van der Waals surface area contributed by atoms with Gasteiger partial charge in [0.05, 0.1) is 6.04 Å². The maximum Gasteiger partial charge on any atom is 0.128 e. The topological polar surface area (TPSA) is 27.8 Å². The summed E-state index contributed by atoms with van der Waals surface area (Å²) >= 11 is 3.49. The molecule has 1 unspecified atom stereocenters. The molecule has 2 heterocycles. The SMILES string of the molecule is Fc1ccc(F)c(C2NCCc3c2[nH]c2ccc(Br)cc32)c1. The lowest BCUT2D eigenvalue weighted by Gasteiger charge is -2.25. The molecule has 1 aromatic heterocycles. The highest BCUT2D eigenvalue weighted by molar-refractivity contribution is 9.10. The summed E-state index contributed by atoms with van der Waals surface area (Å²) in [7, 11) is 0. The van der Waals surface area contributed by atoms with Crippen molar-refractivity contribution in [3.63, 3.8) is 0 Å². The largest absolute Gasteiger partial charge is 0.357 e. The van der Waals surface area contributed by atoms with Crippen LogP contribution in [0.3, 0.4) is 0 Å². The molecule has 0 amide bonds. The van der Waals surface area contributed by atoms with E-state index in [1.54, 1.807) is 0 Å². The van der Waals surface area contributed by atoms with E-state index in [2.05, 4.69) is 32.3 Å². The van der Waals surface area contributed by atoms with E-state index in [-0.39, 0.29) is 6.04 Å². The molecule has 5 heteroatoms. The van der Waals surface area contributed by atoms with Crippen molar-refractivity contribution in [2.24, 2.45) is 0 Å². The summed E-state index contributed by atoms with van der Waals surface area (Å²) < 4.78 is 28.7. The number of halogens is 3. The molecule has 1 aliphatic heterocycles. The second kappa shape index (κ2) is 5.18. The molecule has 0 bridgehead atoms. The van der Waals surface area contributed by atoms with Crippen LogP contribution in [0, 0.1) is 11.6 Å². The normalized spacial score (nSPS) is 17.7. The van der Waals surface area contributed by atoms with Crippen molar-refractivity contribution in [1.29, 1.82) is 0 Å². The lowest BCUT2D eigenvalue weighted by atomic mass is 9.94. The van der Waals surface area contributed by atoms with E-state index in [1.165, 1.54) is 17.7 Å². The van der Waals surface area contributed by atoms with Gasteiger partial charge in [-0.15, -0.1) is 0 Å². The molecule has 2 N–H and O–H groups in total. The molecule has 0 spiro atoms. The third-order valence-corrected chi connectivity index (χ3v) is 4.68. The van der Waals surface area contributed by atoms with Gasteiger partial charge in [-0.3, -0.25) is 0 Å². The smallest absolute Gasteiger partial charge is 0.128 e. The second-order valence-electron chi connectivity index (χ2n) is 5.51. The first-order chi connectivity index (χ1) is 10.6. The van der Waals surface area contributed by atoms with Gasteiger partial charge in [0.15, 0.2) is 0 Å². The summed E-state index contributed by atoms with van der Waals surface area (Å²) in [6.45, 7) is 0.729. The average molecular weight is 363 g/mol. The van der Waals surface area contributed by atoms with Crippen LogP contribution >= 0.6 is 15.9 Å². The summed E-state index contributed by atoms with van der Waals surface area (Å²) in [5.74, 6) is -0.823. The Bertz CT molecular complexity index is 872. The van der Waals surface area contributed by atoms with Crippen molar-refractivity contribution in [1.82, 2.24) is 10.3 Å². The molecule has 0 aliphatic carbocycles. The molecule has 112 valence electrons. The van der Waals surface area contributed by atoms with Crippen molar-refractivity contribution in [3.8, 4) is 0 Å². The predicted octanol–water partition coefficient (Wildman–Crippen LogP) is 4.44. The standard InChI is InChI=1S/C17H13BrF2N2/c18-9-1-4-15-12(7-9)11-5-6-21-16(17(11)22-15)13-8-10(19)2-3-14(13)20/h1-4,7-8,16,21-22H,5-6H2. The molecule has 1 atom stereocenters. The lowest BCUT2D eigenvalue weighted by molar-refractivity contribution is 0.514. The molecule has 1 aliphatic rings. The molecule has 2 aromatic carbocycles. The zero-order valence-corrected chi connectivity index (χ0v) is 13.2. The first-order valence-electron chi connectivity index (χ1n) is 7.12. The third kappa shape index (κ3) is 2.16. The van der Waals surface area contributed by atoms with Crippen LogP contribution in [-0.2, 0) is 6.42 Å². The second-order valence-corrected chi connectivity index (χ2v) is 6.43. The van der Waals surface area contributed by atoms with Crippen molar-refractivity contribution < 1.29 is 8.78 Å². The molecule has 22 heavy (non-hydrogen) atoms. The number of hydrogen-bond acceptors (Lipinski definition) is 1. The van der Waals surface area contributed by atoms with Gasteiger partial charge in [0.2, 0.25) is 0 Å². The quantitative estimate of drug-likeness (QED) is 0.657. The van der Waals surface area contributed by atoms with Crippen molar-refractivity contribution >= 4 is 26.8 Å². The Morgan fingerprint density at radius 3 is 2.82 bits per heavy atom. The average Bonchev–Trinajstić information content (AvgIpc) is 2.88. The van der Waals surface area contributed by atoms with Gasteiger partial charge in [-0.25, -0.2) is 8.78 Å². The highest BCUT2D eigenvalue weighted by atomic mass is 79.9. The third-order valence-electron chi connectivity index (χ3n) is 4.18. The van der Waals surface area contributed by atoms with Crippen LogP contribution in [0.25, 0.3) is 10.9 Å². The minimum Gasteiger partial charge on any atom is -0.357 e. The number of H-pyrrole nitrogens is 1. The molecular weight excluding hydrogens is 350 g/mol. The number of nitrogens with one attached hydrogen (secondary N) is 2. The van der Waals surface area contributed by atoms with Gasteiger partial charge in [-0.1, -0.05) is 15.9 Å². The van der Waals surface area contributed by atoms with Gasteiger partial charge in [0.1, 0.15) is 11.6 Å². The van der Waals surface area contributed by atoms with E-state index in [0.29, 0.717) is 5.56 Å². The van der Waals surface area contributed by atoms with Crippen molar-refractivity contribution in [3.05, 3.63) is 69.3 Å².